The molecule has 3 aliphatic heterocycles. The maximum absolute atomic E-state index is 14.4. The van der Waals surface area contributed by atoms with Crippen LogP contribution in [0.3, 0.4) is 0 Å². The quantitative estimate of drug-likeness (QED) is 0.377. The molecule has 0 radical (unpaired) electrons. The molecule has 0 aromatic heterocycles. The van der Waals surface area contributed by atoms with E-state index in [2.05, 4.69) is 15.4 Å². The molecule has 14 heteroatoms. The third-order valence-corrected chi connectivity index (χ3v) is 13.2. The molecule has 1 saturated heterocycles. The highest BCUT2D eigenvalue weighted by Crippen LogP contribution is 2.47. The monoisotopic (exact) mass is 721 g/mol. The van der Waals surface area contributed by atoms with E-state index in [1.54, 1.807) is 19.1 Å². The number of anilines is 1. The van der Waals surface area contributed by atoms with Crippen LogP contribution in [0, 0.1) is 11.7 Å². The topological polar surface area (TPSA) is 154 Å². The highest BCUT2D eigenvalue weighted by atomic mass is 32.2. The Morgan fingerprint density at radius 2 is 1.80 bits per heavy atom. The molecule has 4 amide bonds. The lowest BCUT2D eigenvalue weighted by Gasteiger charge is -2.30. The lowest BCUT2D eigenvalue weighted by molar-refractivity contribution is -0.140. The molecule has 12 nitrogen and oxygen atoms in total. The summed E-state index contributed by atoms with van der Waals surface area (Å²) in [6.45, 7) is 1.72. The van der Waals surface area contributed by atoms with Crippen LogP contribution in [0.4, 0.5) is 14.9 Å². The molecule has 2 aromatic rings. The normalized spacial score (nSPS) is 29.3. The number of ether oxygens (including phenoxy) is 1. The molecule has 2 aromatic carbocycles. The summed E-state index contributed by atoms with van der Waals surface area (Å²) >= 11 is 0. The van der Waals surface area contributed by atoms with Crippen molar-refractivity contribution in [3.8, 4) is 0 Å². The molecule has 0 spiro atoms. The first-order valence-corrected chi connectivity index (χ1v) is 19.3. The van der Waals surface area contributed by atoms with Crippen LogP contribution in [-0.2, 0) is 42.2 Å². The number of nitrogens with one attached hydrogen (secondary N) is 3. The zero-order valence-electron chi connectivity index (χ0n) is 28.6. The first-order valence-electron chi connectivity index (χ1n) is 17.8. The minimum absolute atomic E-state index is 0.0366. The second kappa shape index (κ2) is 13.6. The van der Waals surface area contributed by atoms with Gasteiger partial charge in [0, 0.05) is 30.1 Å². The second-order valence-electron chi connectivity index (χ2n) is 14.8. The highest BCUT2D eigenvalue weighted by Gasteiger charge is 2.63. The SMILES string of the molecule is CC1(S(=O)(=O)NC(=O)[C@@]23C[C@@H]2/C=C\CCCCC[C@H](Nc2ccccc2)C(=O)N2C[C@H](OC(=O)N4Cc5cccc(F)c5C4)C[C@H]2C(=O)N3)CC1. The lowest BCUT2D eigenvalue weighted by Crippen LogP contribution is -2.58. The van der Waals surface area contributed by atoms with Gasteiger partial charge in [0.15, 0.2) is 0 Å². The number of carbonyl (C=O) groups is 4. The van der Waals surface area contributed by atoms with E-state index in [1.807, 2.05) is 42.5 Å². The molecule has 0 bridgehead atoms. The number of halogens is 1. The molecule has 3 N–H and O–H groups in total. The number of sulfonamides is 1. The van der Waals surface area contributed by atoms with Gasteiger partial charge in [-0.25, -0.2) is 17.6 Å². The minimum Gasteiger partial charge on any atom is -0.444 e. The van der Waals surface area contributed by atoms with Crippen LogP contribution >= 0.6 is 0 Å². The van der Waals surface area contributed by atoms with Gasteiger partial charge < -0.3 is 20.3 Å². The first kappa shape index (κ1) is 35.0. The Bertz CT molecular complexity index is 1850. The molecule has 51 heavy (non-hydrogen) atoms. The molecular formula is C37H44FN5O7S. The van der Waals surface area contributed by atoms with E-state index >= 15 is 0 Å². The molecule has 3 heterocycles. The van der Waals surface area contributed by atoms with Crippen molar-refractivity contribution in [2.75, 3.05) is 11.9 Å². The summed E-state index contributed by atoms with van der Waals surface area (Å²) in [7, 11) is -3.98. The maximum atomic E-state index is 14.4. The van der Waals surface area contributed by atoms with Gasteiger partial charge in [-0.1, -0.05) is 55.3 Å². The Morgan fingerprint density at radius 1 is 1.02 bits per heavy atom. The van der Waals surface area contributed by atoms with E-state index in [-0.39, 0.29) is 38.4 Å². The summed E-state index contributed by atoms with van der Waals surface area (Å²) in [6, 6.07) is 12.2. The molecule has 2 saturated carbocycles. The highest BCUT2D eigenvalue weighted by molar-refractivity contribution is 7.91. The summed E-state index contributed by atoms with van der Waals surface area (Å²) in [5, 5.41) is 6.20. The maximum Gasteiger partial charge on any atom is 0.410 e. The summed E-state index contributed by atoms with van der Waals surface area (Å²) in [5.41, 5.74) is 0.336. The van der Waals surface area contributed by atoms with Gasteiger partial charge in [0.1, 0.15) is 29.5 Å². The predicted octanol–water partition coefficient (Wildman–Crippen LogP) is 4.12. The van der Waals surface area contributed by atoms with Crippen molar-refractivity contribution in [1.29, 1.82) is 0 Å². The van der Waals surface area contributed by atoms with Crippen molar-refractivity contribution in [3.05, 3.63) is 77.6 Å². The number of nitrogens with zero attached hydrogens (tertiary/aromatic N) is 2. The number of hydrogen-bond donors (Lipinski definition) is 3. The molecule has 2 aliphatic carbocycles. The van der Waals surface area contributed by atoms with E-state index < -0.39 is 68.1 Å². The van der Waals surface area contributed by atoms with Crippen LogP contribution < -0.4 is 15.4 Å². The fourth-order valence-electron chi connectivity index (χ4n) is 7.41. The van der Waals surface area contributed by atoms with Crippen LogP contribution in [0.2, 0.25) is 0 Å². The van der Waals surface area contributed by atoms with Gasteiger partial charge in [0.2, 0.25) is 21.8 Å². The number of amides is 4. The van der Waals surface area contributed by atoms with Gasteiger partial charge in [0.25, 0.3) is 5.91 Å². The number of carbonyl (C=O) groups excluding carboxylic acids is 4. The van der Waals surface area contributed by atoms with E-state index in [9.17, 15) is 32.0 Å². The number of hydrogen-bond acceptors (Lipinski definition) is 8. The van der Waals surface area contributed by atoms with Gasteiger partial charge >= 0.3 is 6.09 Å². The third-order valence-electron chi connectivity index (χ3n) is 11.0. The summed E-state index contributed by atoms with van der Waals surface area (Å²) < 4.78 is 47.7. The smallest absolute Gasteiger partial charge is 0.410 e. The Balaban J connectivity index is 1.15. The van der Waals surface area contributed by atoms with Crippen molar-refractivity contribution in [1.82, 2.24) is 19.8 Å². The Labute approximate surface area is 297 Å². The molecule has 7 rings (SSSR count). The number of fused-ring (bicyclic) bond motifs is 3. The van der Waals surface area contributed by atoms with Gasteiger partial charge in [-0.2, -0.15) is 0 Å². The van der Waals surface area contributed by atoms with Crippen molar-refractivity contribution in [2.24, 2.45) is 5.92 Å². The van der Waals surface area contributed by atoms with Crippen LogP contribution in [0.15, 0.2) is 60.7 Å². The van der Waals surface area contributed by atoms with Crippen LogP contribution in [0.25, 0.3) is 0 Å². The fourth-order valence-corrected chi connectivity index (χ4v) is 8.72. The van der Waals surface area contributed by atoms with E-state index in [1.165, 1.54) is 15.9 Å². The minimum atomic E-state index is -3.98. The van der Waals surface area contributed by atoms with Crippen molar-refractivity contribution >= 4 is 39.5 Å². The summed E-state index contributed by atoms with van der Waals surface area (Å²) in [4.78, 5) is 58.6. The van der Waals surface area contributed by atoms with Gasteiger partial charge in [-0.3, -0.25) is 24.0 Å². The number of benzene rings is 2. The van der Waals surface area contributed by atoms with Gasteiger partial charge in [0.05, 0.1) is 17.8 Å². The average molecular weight is 722 g/mol. The zero-order valence-corrected chi connectivity index (χ0v) is 29.4. The number of para-hydroxylation sites is 1. The Hall–Kier alpha value is -4.46. The van der Waals surface area contributed by atoms with Gasteiger partial charge in [-0.05, 0) is 69.2 Å². The number of rotatable bonds is 6. The van der Waals surface area contributed by atoms with Crippen LogP contribution in [0.5, 0.6) is 0 Å². The molecule has 0 unspecified atom stereocenters. The Morgan fingerprint density at radius 3 is 2.55 bits per heavy atom. The Kier molecular flexibility index (Phi) is 9.32. The summed E-state index contributed by atoms with van der Waals surface area (Å²) in [6.07, 6.45) is 6.99. The lowest BCUT2D eigenvalue weighted by atomic mass is 10.0. The van der Waals surface area contributed by atoms with Crippen molar-refractivity contribution in [2.45, 2.75) is 106 Å². The van der Waals surface area contributed by atoms with E-state index in [0.717, 1.165) is 31.4 Å². The largest absolute Gasteiger partial charge is 0.444 e. The molecular weight excluding hydrogens is 678 g/mol. The van der Waals surface area contributed by atoms with Gasteiger partial charge in [-0.15, -0.1) is 0 Å². The van der Waals surface area contributed by atoms with Crippen LogP contribution in [0.1, 0.15) is 75.8 Å². The van der Waals surface area contributed by atoms with Crippen LogP contribution in [-0.4, -0.2) is 77.1 Å². The second-order valence-corrected chi connectivity index (χ2v) is 17.0. The average Bonchev–Trinajstić information content (AvgIpc) is 3.89. The standard InChI is InChI=1S/C37H44FN5O7S/c1-36(17-18-36)51(48,49)41-34(46)37-20-25(37)12-6-3-2-4-9-16-30(39-26-13-7-5-8-14-26)33(45)43-22-27(19-31(43)32(44)40-37)50-35(47)42-21-24-11-10-15-29(38)28(24)23-42/h5-8,10-15,25,27,30-31,39H,2-4,9,16-23H2,1H3,(H,40,44)(H,41,46)/b12-6-/t25-,27+,30-,31-,37+/m0/s1. The first-order chi connectivity index (χ1) is 24.4. The molecule has 5 aliphatic rings. The zero-order chi connectivity index (χ0) is 36.0. The summed E-state index contributed by atoms with van der Waals surface area (Å²) in [5.74, 6) is -2.62. The third kappa shape index (κ3) is 7.07. The molecule has 5 atom stereocenters. The van der Waals surface area contributed by atoms with Crippen molar-refractivity contribution < 1.29 is 36.7 Å². The molecule has 3 fully saturated rings. The van der Waals surface area contributed by atoms with Crippen molar-refractivity contribution in [3.63, 3.8) is 0 Å². The fraction of sp³-hybridized carbons (Fsp3) is 0.514. The number of allylic oxidation sites excluding steroid dienone is 1. The molecule has 272 valence electrons. The van der Waals surface area contributed by atoms with E-state index in [4.69, 9.17) is 4.74 Å². The predicted molar refractivity (Wildman–Crippen MR) is 186 cm³/mol. The van der Waals surface area contributed by atoms with E-state index in [0.29, 0.717) is 30.4 Å².